The fraction of sp³-hybridized carbons (Fsp3) is 0.125. The molecule has 0 aliphatic heterocycles. The van der Waals surface area contributed by atoms with Crippen molar-refractivity contribution in [3.05, 3.63) is 116 Å². The van der Waals surface area contributed by atoms with Crippen molar-refractivity contribution in [2.75, 3.05) is 14.2 Å². The van der Waals surface area contributed by atoms with Crippen molar-refractivity contribution in [3.63, 3.8) is 0 Å². The van der Waals surface area contributed by atoms with Crippen LogP contribution in [-0.4, -0.2) is 34.5 Å². The predicted octanol–water partition coefficient (Wildman–Crippen LogP) is 4.95. The zero-order valence-corrected chi connectivity index (χ0v) is 24.0. The second-order valence-electron chi connectivity index (χ2n) is 8.53. The van der Waals surface area contributed by atoms with E-state index in [0.717, 1.165) is 6.07 Å². The van der Waals surface area contributed by atoms with Gasteiger partial charge in [-0.25, -0.2) is 0 Å². The van der Waals surface area contributed by atoms with Gasteiger partial charge in [0.2, 0.25) is 0 Å². The number of phenolic OH excluding ortho intramolecular Hbond substituents is 1. The molecule has 0 bridgehead atoms. The van der Waals surface area contributed by atoms with Crippen molar-refractivity contribution in [3.8, 4) is 53.0 Å². The number of nitro groups is 1. The van der Waals surface area contributed by atoms with Crippen LogP contribution in [0.15, 0.2) is 72.8 Å². The van der Waals surface area contributed by atoms with Crippen molar-refractivity contribution in [1.82, 2.24) is 0 Å². The lowest BCUT2D eigenvalue weighted by Gasteiger charge is -2.10. The number of non-ortho nitro benzene ring substituents is 1. The highest BCUT2D eigenvalue weighted by molar-refractivity contribution is 5.52. The molecule has 0 heterocycles. The van der Waals surface area contributed by atoms with Gasteiger partial charge in [0.25, 0.3) is 5.69 Å². The van der Waals surface area contributed by atoms with Crippen LogP contribution >= 0.6 is 0 Å². The smallest absolute Gasteiger partial charge is 0.270 e. The summed E-state index contributed by atoms with van der Waals surface area (Å²) < 4.78 is 15.7. The van der Waals surface area contributed by atoms with Gasteiger partial charge in [0, 0.05) is 35.4 Å². The SMILES string of the molecule is COc1cc(O)ccc1CO.COc1cc(Oc2ccc(C#N)c(C#N)c2)ccc1CO.N#Cc1ccc([N+](=O)[O-])cc1C#N. The number of nitrogens with zero attached hydrogens (tertiary/aromatic N) is 5. The average Bonchev–Trinajstić information content (AvgIpc) is 3.08. The van der Waals surface area contributed by atoms with Crippen LogP contribution < -0.4 is 14.2 Å². The summed E-state index contributed by atoms with van der Waals surface area (Å²) in [5.41, 5.74) is 1.88. The minimum absolute atomic E-state index is 0.0247. The number of aliphatic hydroxyl groups excluding tert-OH is 2. The van der Waals surface area contributed by atoms with Crippen LogP contribution in [0.2, 0.25) is 0 Å². The lowest BCUT2D eigenvalue weighted by Crippen LogP contribution is -1.93. The number of phenols is 1. The maximum Gasteiger partial charge on any atom is 0.270 e. The van der Waals surface area contributed by atoms with E-state index in [0.29, 0.717) is 39.7 Å². The molecular formula is C32H25N5O8. The van der Waals surface area contributed by atoms with E-state index < -0.39 is 4.92 Å². The van der Waals surface area contributed by atoms with Crippen LogP contribution in [0.3, 0.4) is 0 Å². The largest absolute Gasteiger partial charge is 0.508 e. The number of methoxy groups -OCH3 is 2. The molecule has 4 rings (SSSR count). The van der Waals surface area contributed by atoms with Crippen molar-refractivity contribution < 1.29 is 34.5 Å². The van der Waals surface area contributed by atoms with Gasteiger partial charge in [0.05, 0.1) is 54.6 Å². The number of rotatable bonds is 7. The van der Waals surface area contributed by atoms with Crippen molar-refractivity contribution in [1.29, 1.82) is 21.0 Å². The van der Waals surface area contributed by atoms with E-state index >= 15 is 0 Å². The number of aliphatic hydroxyl groups is 2. The first-order valence-electron chi connectivity index (χ1n) is 12.6. The summed E-state index contributed by atoms with van der Waals surface area (Å²) in [6.07, 6.45) is 0. The molecule has 0 unspecified atom stereocenters. The standard InChI is InChI=1S/C16H12N2O3.C8H3N3O2.C8H10O3/c1-20-16-7-15(5-3-12(16)10-19)21-14-4-2-11(8-17)13(6-14)9-18;9-4-6-1-2-8(11(12)13)3-7(6)5-10;1-11-8-4-7(10)3-2-6(8)5-9/h2-7,19H,10H2,1H3;1-3H;2-4,9-10H,5H2,1H3. The molecule has 0 saturated carbocycles. The van der Waals surface area contributed by atoms with Gasteiger partial charge in [0.15, 0.2) is 0 Å². The summed E-state index contributed by atoms with van der Waals surface area (Å²) in [4.78, 5) is 9.67. The molecule has 13 nitrogen and oxygen atoms in total. The van der Waals surface area contributed by atoms with E-state index in [1.165, 1.54) is 50.6 Å². The Morgan fingerprint density at radius 1 is 0.667 bits per heavy atom. The maximum atomic E-state index is 10.3. The van der Waals surface area contributed by atoms with Crippen LogP contribution in [-0.2, 0) is 13.2 Å². The third-order valence-corrected chi connectivity index (χ3v) is 5.79. The monoisotopic (exact) mass is 607 g/mol. The molecule has 0 atom stereocenters. The Balaban J connectivity index is 0.000000252. The summed E-state index contributed by atoms with van der Waals surface area (Å²) >= 11 is 0. The molecule has 13 heteroatoms. The van der Waals surface area contributed by atoms with Gasteiger partial charge in [-0.05, 0) is 48.5 Å². The van der Waals surface area contributed by atoms with Gasteiger partial charge >= 0.3 is 0 Å². The first kappa shape index (κ1) is 34.6. The van der Waals surface area contributed by atoms with Crippen LogP contribution in [0.1, 0.15) is 33.4 Å². The molecule has 0 aromatic heterocycles. The number of hydrogen-bond donors (Lipinski definition) is 3. The number of aromatic hydroxyl groups is 1. The third-order valence-electron chi connectivity index (χ3n) is 5.79. The molecular weight excluding hydrogens is 582 g/mol. The Kier molecular flexibility index (Phi) is 13.3. The Morgan fingerprint density at radius 2 is 1.13 bits per heavy atom. The first-order chi connectivity index (χ1) is 21.7. The molecule has 0 fully saturated rings. The molecule has 0 amide bonds. The molecule has 0 radical (unpaired) electrons. The topological polar surface area (TPSA) is 227 Å². The van der Waals surface area contributed by atoms with Gasteiger partial charge in [-0.15, -0.1) is 0 Å². The molecule has 0 saturated heterocycles. The number of benzene rings is 4. The highest BCUT2D eigenvalue weighted by atomic mass is 16.6. The van der Waals surface area contributed by atoms with Crippen molar-refractivity contribution in [2.45, 2.75) is 13.2 Å². The highest BCUT2D eigenvalue weighted by Crippen LogP contribution is 2.29. The van der Waals surface area contributed by atoms with E-state index in [9.17, 15) is 10.1 Å². The fourth-order valence-electron chi connectivity index (χ4n) is 3.53. The molecule has 0 aliphatic rings. The van der Waals surface area contributed by atoms with E-state index in [1.807, 2.05) is 12.1 Å². The Morgan fingerprint density at radius 3 is 1.64 bits per heavy atom. The molecule has 45 heavy (non-hydrogen) atoms. The Labute approximate surface area is 257 Å². The summed E-state index contributed by atoms with van der Waals surface area (Å²) in [6.45, 7) is -0.206. The number of hydrogen-bond acceptors (Lipinski definition) is 12. The van der Waals surface area contributed by atoms with Gasteiger partial charge in [-0.1, -0.05) is 0 Å². The highest BCUT2D eigenvalue weighted by Gasteiger charge is 2.10. The average molecular weight is 608 g/mol. The molecule has 226 valence electrons. The zero-order valence-electron chi connectivity index (χ0n) is 24.0. The van der Waals surface area contributed by atoms with E-state index in [4.69, 9.17) is 50.6 Å². The quantitative estimate of drug-likeness (QED) is 0.187. The van der Waals surface area contributed by atoms with Gasteiger partial charge < -0.3 is 29.5 Å². The van der Waals surface area contributed by atoms with Gasteiger partial charge in [-0.2, -0.15) is 21.0 Å². The summed E-state index contributed by atoms with van der Waals surface area (Å²) in [5, 5.41) is 72.1. The molecule has 3 N–H and O–H groups in total. The third kappa shape index (κ3) is 9.71. The normalized spacial score (nSPS) is 9.24. The van der Waals surface area contributed by atoms with Crippen molar-refractivity contribution in [2.24, 2.45) is 0 Å². The molecule has 4 aromatic rings. The lowest BCUT2D eigenvalue weighted by molar-refractivity contribution is -0.384. The van der Waals surface area contributed by atoms with E-state index in [2.05, 4.69) is 0 Å². The minimum Gasteiger partial charge on any atom is -0.508 e. The molecule has 0 aliphatic carbocycles. The van der Waals surface area contributed by atoms with E-state index in [1.54, 1.807) is 42.5 Å². The van der Waals surface area contributed by atoms with Crippen molar-refractivity contribution >= 4 is 5.69 Å². The maximum absolute atomic E-state index is 10.3. The number of nitriles is 4. The second kappa shape index (κ2) is 17.3. The van der Waals surface area contributed by atoms with Crippen LogP contribution in [0.4, 0.5) is 5.69 Å². The van der Waals surface area contributed by atoms with Crippen LogP contribution in [0.25, 0.3) is 0 Å². The predicted molar refractivity (Wildman–Crippen MR) is 158 cm³/mol. The van der Waals surface area contributed by atoms with Crippen LogP contribution in [0, 0.1) is 55.4 Å². The summed E-state index contributed by atoms with van der Waals surface area (Å²) in [7, 11) is 3.00. The van der Waals surface area contributed by atoms with Gasteiger partial charge in [0.1, 0.15) is 53.0 Å². The second-order valence-corrected chi connectivity index (χ2v) is 8.53. The Hall–Kier alpha value is -6.64. The lowest BCUT2D eigenvalue weighted by atomic mass is 10.1. The first-order valence-corrected chi connectivity index (χ1v) is 12.6. The Bertz CT molecular complexity index is 1830. The summed E-state index contributed by atoms with van der Waals surface area (Å²) in [6, 6.07) is 25.2. The van der Waals surface area contributed by atoms with E-state index in [-0.39, 0.29) is 41.3 Å². The molecule has 4 aromatic carbocycles. The summed E-state index contributed by atoms with van der Waals surface area (Å²) in [5.74, 6) is 2.12. The molecule has 0 spiro atoms. The van der Waals surface area contributed by atoms with Crippen LogP contribution in [0.5, 0.6) is 28.7 Å². The van der Waals surface area contributed by atoms with Gasteiger partial charge in [-0.3, -0.25) is 10.1 Å². The number of nitro benzene ring substituents is 1. The zero-order chi connectivity index (χ0) is 33.4. The number of ether oxygens (including phenoxy) is 3. The fourth-order valence-corrected chi connectivity index (χ4v) is 3.53. The minimum atomic E-state index is -0.609.